The lowest BCUT2D eigenvalue weighted by Gasteiger charge is -2.63. The quantitative estimate of drug-likeness (QED) is 0.212. The standard InChI is InChI=1S/C27H42F2O9S/c1-15(4-7-23(33)37-13-27(28,29)39(34,35)36)18-5-6-19-24-20(12-22(32)26(18,19)3)25(2)9-8-17(31)10-16(25)11-21(24)38-14-30/h14-22,24,31-32H,4-13H2,1-3H3,(H,34,35,36)/t15-,16?,17-,18-,19+,20+,21-,22+,24+,25+,26-/m1/s1. The molecule has 4 saturated carbocycles. The van der Waals surface area contributed by atoms with Crippen molar-refractivity contribution in [3.8, 4) is 0 Å². The van der Waals surface area contributed by atoms with Gasteiger partial charge in [0.2, 0.25) is 0 Å². The topological polar surface area (TPSA) is 147 Å². The van der Waals surface area contributed by atoms with Crippen molar-refractivity contribution in [2.75, 3.05) is 6.61 Å². The summed E-state index contributed by atoms with van der Waals surface area (Å²) in [6, 6.07) is 0. The molecule has 0 spiro atoms. The highest BCUT2D eigenvalue weighted by molar-refractivity contribution is 7.86. The zero-order valence-corrected chi connectivity index (χ0v) is 23.6. The zero-order valence-electron chi connectivity index (χ0n) is 22.8. The van der Waals surface area contributed by atoms with Crippen LogP contribution in [0.1, 0.15) is 78.6 Å². The van der Waals surface area contributed by atoms with E-state index in [-0.39, 0.29) is 59.6 Å². The molecule has 0 radical (unpaired) electrons. The Morgan fingerprint density at radius 1 is 1.13 bits per heavy atom. The lowest BCUT2D eigenvalue weighted by molar-refractivity contribution is -0.212. The van der Waals surface area contributed by atoms with Gasteiger partial charge in [0.05, 0.1) is 12.2 Å². The summed E-state index contributed by atoms with van der Waals surface area (Å²) in [5.41, 5.74) is -0.559. The second kappa shape index (κ2) is 10.8. The first-order valence-electron chi connectivity index (χ1n) is 14.0. The molecular weight excluding hydrogens is 538 g/mol. The highest BCUT2D eigenvalue weighted by Crippen LogP contribution is 2.68. The first-order valence-corrected chi connectivity index (χ1v) is 15.5. The minimum absolute atomic E-state index is 0.0288. The first-order chi connectivity index (χ1) is 18.1. The zero-order chi connectivity index (χ0) is 29.0. The van der Waals surface area contributed by atoms with E-state index in [1.54, 1.807) is 0 Å². The number of aliphatic hydroxyl groups is 2. The largest absolute Gasteiger partial charge is 0.464 e. The second-order valence-corrected chi connectivity index (χ2v) is 14.6. The van der Waals surface area contributed by atoms with Crippen LogP contribution in [0, 0.1) is 46.3 Å². The second-order valence-electron chi connectivity index (χ2n) is 13.0. The van der Waals surface area contributed by atoms with Gasteiger partial charge in [0, 0.05) is 12.3 Å². The summed E-state index contributed by atoms with van der Waals surface area (Å²) in [7, 11) is -5.69. The monoisotopic (exact) mass is 580 g/mol. The summed E-state index contributed by atoms with van der Waals surface area (Å²) in [6.45, 7) is 5.06. The number of esters is 1. The number of halogens is 2. The van der Waals surface area contributed by atoms with Crippen molar-refractivity contribution in [3.63, 3.8) is 0 Å². The van der Waals surface area contributed by atoms with Crippen LogP contribution in [0.15, 0.2) is 0 Å². The van der Waals surface area contributed by atoms with Crippen LogP contribution in [0.5, 0.6) is 0 Å². The summed E-state index contributed by atoms with van der Waals surface area (Å²) in [5.74, 6) is -0.503. The van der Waals surface area contributed by atoms with E-state index in [1.165, 1.54) is 0 Å². The summed E-state index contributed by atoms with van der Waals surface area (Å²) in [4.78, 5) is 23.6. The molecule has 0 heterocycles. The number of ether oxygens (including phenoxy) is 2. The lowest BCUT2D eigenvalue weighted by atomic mass is 9.43. The molecule has 224 valence electrons. The van der Waals surface area contributed by atoms with Gasteiger partial charge in [-0.1, -0.05) is 20.8 Å². The minimum Gasteiger partial charge on any atom is -0.464 e. The maximum Gasteiger partial charge on any atom is 0.402 e. The molecule has 0 amide bonds. The smallest absolute Gasteiger partial charge is 0.402 e. The van der Waals surface area contributed by atoms with E-state index < -0.39 is 39.5 Å². The van der Waals surface area contributed by atoms with Gasteiger partial charge in [0.25, 0.3) is 6.47 Å². The number of fused-ring (bicyclic) bond motifs is 5. The molecule has 0 bridgehead atoms. The van der Waals surface area contributed by atoms with Gasteiger partial charge < -0.3 is 19.7 Å². The van der Waals surface area contributed by atoms with Crippen LogP contribution >= 0.6 is 0 Å². The fraction of sp³-hybridized carbons (Fsp3) is 0.926. The molecule has 3 N–H and O–H groups in total. The summed E-state index contributed by atoms with van der Waals surface area (Å²) < 4.78 is 67.0. The summed E-state index contributed by atoms with van der Waals surface area (Å²) >= 11 is 0. The number of aliphatic hydroxyl groups excluding tert-OH is 2. The first kappa shape index (κ1) is 30.6. The minimum atomic E-state index is -5.69. The van der Waals surface area contributed by atoms with Crippen molar-refractivity contribution in [1.29, 1.82) is 0 Å². The van der Waals surface area contributed by atoms with Crippen molar-refractivity contribution < 1.29 is 51.0 Å². The van der Waals surface area contributed by atoms with Gasteiger partial charge in [-0.05, 0) is 91.8 Å². The predicted octanol–water partition coefficient (Wildman–Crippen LogP) is 3.57. The van der Waals surface area contributed by atoms with Gasteiger partial charge >= 0.3 is 21.3 Å². The number of hydrogen-bond acceptors (Lipinski definition) is 8. The van der Waals surface area contributed by atoms with Crippen LogP contribution < -0.4 is 0 Å². The predicted molar refractivity (Wildman–Crippen MR) is 135 cm³/mol. The molecule has 4 aliphatic rings. The number of alkyl halides is 2. The van der Waals surface area contributed by atoms with E-state index in [0.29, 0.717) is 32.2 Å². The molecule has 4 fully saturated rings. The Balaban J connectivity index is 1.47. The van der Waals surface area contributed by atoms with Crippen LogP contribution in [-0.2, 0) is 29.2 Å². The highest BCUT2D eigenvalue weighted by atomic mass is 32.2. The SMILES string of the molecule is C[C@H](CCC(=O)OCC(F)(F)S(=O)(=O)O)[C@H]1CC[C@H]2[C@@H]3[C@H](OC=O)CC4C[C@H](O)CC[C@]4(C)[C@H]3C[C@H](O)[C@]12C. The average Bonchev–Trinajstić information content (AvgIpc) is 3.21. The van der Waals surface area contributed by atoms with Crippen LogP contribution in [-0.4, -0.2) is 65.8 Å². The van der Waals surface area contributed by atoms with Crippen molar-refractivity contribution in [2.45, 2.75) is 102 Å². The molecule has 4 aliphatic carbocycles. The molecule has 1 unspecified atom stereocenters. The molecule has 12 heteroatoms. The van der Waals surface area contributed by atoms with Gasteiger partial charge in [-0.25, -0.2) is 0 Å². The molecular formula is C27H42F2O9S. The van der Waals surface area contributed by atoms with Gasteiger partial charge in [-0.3, -0.25) is 14.1 Å². The third kappa shape index (κ3) is 5.35. The lowest BCUT2D eigenvalue weighted by Crippen LogP contribution is -2.62. The van der Waals surface area contributed by atoms with Crippen LogP contribution in [0.4, 0.5) is 8.78 Å². The van der Waals surface area contributed by atoms with E-state index in [9.17, 15) is 37.0 Å². The molecule has 39 heavy (non-hydrogen) atoms. The molecule has 9 nitrogen and oxygen atoms in total. The number of hydrogen-bond donors (Lipinski definition) is 3. The number of carbonyl (C=O) groups excluding carboxylic acids is 2. The maximum absolute atomic E-state index is 13.4. The molecule has 0 aromatic heterocycles. The van der Waals surface area contributed by atoms with Crippen LogP contribution in [0.3, 0.4) is 0 Å². The van der Waals surface area contributed by atoms with Crippen molar-refractivity contribution >= 4 is 22.6 Å². The number of rotatable bonds is 9. The Morgan fingerprint density at radius 3 is 2.46 bits per heavy atom. The summed E-state index contributed by atoms with van der Waals surface area (Å²) in [5, 5.41) is 17.5. The fourth-order valence-electron chi connectivity index (χ4n) is 9.18. The van der Waals surface area contributed by atoms with E-state index >= 15 is 0 Å². The van der Waals surface area contributed by atoms with E-state index in [2.05, 4.69) is 18.6 Å². The van der Waals surface area contributed by atoms with Gasteiger partial charge in [-0.2, -0.15) is 17.2 Å². The Kier molecular flexibility index (Phi) is 8.47. The molecule has 0 aliphatic heterocycles. The van der Waals surface area contributed by atoms with E-state index in [1.807, 2.05) is 6.92 Å². The normalized spacial score (nSPS) is 43.0. The van der Waals surface area contributed by atoms with Gasteiger partial charge in [0.1, 0.15) is 6.10 Å². The Morgan fingerprint density at radius 2 is 1.82 bits per heavy atom. The third-order valence-electron chi connectivity index (χ3n) is 11.3. The van der Waals surface area contributed by atoms with Crippen LogP contribution in [0.25, 0.3) is 0 Å². The highest BCUT2D eigenvalue weighted by Gasteiger charge is 2.66. The number of carbonyl (C=O) groups is 2. The van der Waals surface area contributed by atoms with Crippen LogP contribution in [0.2, 0.25) is 0 Å². The van der Waals surface area contributed by atoms with Gasteiger partial charge in [-0.15, -0.1) is 0 Å². The maximum atomic E-state index is 13.4. The molecule has 11 atom stereocenters. The molecule has 0 saturated heterocycles. The molecule has 0 aromatic rings. The Bertz CT molecular complexity index is 1040. The van der Waals surface area contributed by atoms with Crippen molar-refractivity contribution in [3.05, 3.63) is 0 Å². The Hall–Kier alpha value is -1.37. The van der Waals surface area contributed by atoms with Crippen molar-refractivity contribution in [2.24, 2.45) is 46.3 Å². The average molecular weight is 581 g/mol. The van der Waals surface area contributed by atoms with Crippen molar-refractivity contribution in [1.82, 2.24) is 0 Å². The summed E-state index contributed by atoms with van der Waals surface area (Å²) in [6.07, 6.45) is 3.97. The third-order valence-corrected chi connectivity index (χ3v) is 12.2. The van der Waals surface area contributed by atoms with E-state index in [4.69, 9.17) is 9.29 Å². The Labute approximate surface area is 228 Å². The van der Waals surface area contributed by atoms with E-state index in [0.717, 1.165) is 25.7 Å². The molecule has 0 aromatic carbocycles. The fourth-order valence-corrected chi connectivity index (χ4v) is 9.39. The molecule has 4 rings (SSSR count). The van der Waals surface area contributed by atoms with Gasteiger partial charge in [0.15, 0.2) is 6.61 Å².